The Morgan fingerprint density at radius 3 is 2.62 bits per heavy atom. The second-order valence-corrected chi connectivity index (χ2v) is 3.47. The van der Waals surface area contributed by atoms with Gasteiger partial charge in [-0.1, -0.05) is 12.1 Å². The summed E-state index contributed by atoms with van der Waals surface area (Å²) in [7, 11) is 0. The number of aldehydes is 2. The molecule has 0 aliphatic rings. The molecule has 0 bridgehead atoms. The van der Waals surface area contributed by atoms with Gasteiger partial charge in [0.2, 0.25) is 0 Å². The van der Waals surface area contributed by atoms with Crippen LogP contribution in [0.1, 0.15) is 33.6 Å². The molecule has 0 aromatic heterocycles. The van der Waals surface area contributed by atoms with Crippen molar-refractivity contribution < 1.29 is 9.59 Å². The van der Waals surface area contributed by atoms with Gasteiger partial charge in [-0.15, -0.1) is 0 Å². The first-order chi connectivity index (χ1) is 7.83. The van der Waals surface area contributed by atoms with Crippen molar-refractivity contribution in [1.82, 2.24) is 0 Å². The molecular weight excluding hydrogens is 204 g/mol. The van der Waals surface area contributed by atoms with Gasteiger partial charge in [0.05, 0.1) is 0 Å². The summed E-state index contributed by atoms with van der Waals surface area (Å²) in [4.78, 5) is 21.6. The van der Waals surface area contributed by atoms with Crippen LogP contribution in [-0.4, -0.2) is 25.7 Å². The van der Waals surface area contributed by atoms with Crippen molar-refractivity contribution in [2.24, 2.45) is 5.73 Å². The molecule has 0 aliphatic heterocycles. The highest BCUT2D eigenvalue weighted by atomic mass is 16.1. The van der Waals surface area contributed by atoms with Gasteiger partial charge in [-0.05, 0) is 25.5 Å². The molecule has 4 nitrogen and oxygen atoms in total. The smallest absolute Gasteiger partial charge is 0.152 e. The van der Waals surface area contributed by atoms with E-state index in [0.717, 1.165) is 19.4 Å². The van der Waals surface area contributed by atoms with Gasteiger partial charge in [0.15, 0.2) is 12.6 Å². The van der Waals surface area contributed by atoms with E-state index >= 15 is 0 Å². The minimum absolute atomic E-state index is 0.416. The van der Waals surface area contributed by atoms with Gasteiger partial charge in [-0.2, -0.15) is 0 Å². The summed E-state index contributed by atoms with van der Waals surface area (Å²) in [5.41, 5.74) is 6.92. The molecule has 0 spiro atoms. The predicted molar refractivity (Wildman–Crippen MR) is 64.0 cm³/mol. The Balaban J connectivity index is 2.71. The molecule has 0 saturated carbocycles. The third kappa shape index (κ3) is 3.17. The van der Waals surface area contributed by atoms with E-state index in [1.165, 1.54) is 0 Å². The molecule has 3 N–H and O–H groups in total. The lowest BCUT2D eigenvalue weighted by atomic mass is 10.1. The van der Waals surface area contributed by atoms with Crippen molar-refractivity contribution in [3.8, 4) is 0 Å². The third-order valence-corrected chi connectivity index (χ3v) is 2.33. The van der Waals surface area contributed by atoms with Gasteiger partial charge in [-0.3, -0.25) is 9.59 Å². The number of hydrogen-bond donors (Lipinski definition) is 2. The maximum Gasteiger partial charge on any atom is 0.152 e. The molecule has 0 aliphatic carbocycles. The molecule has 4 heteroatoms. The average molecular weight is 220 g/mol. The zero-order valence-corrected chi connectivity index (χ0v) is 9.11. The van der Waals surface area contributed by atoms with Gasteiger partial charge in [0.1, 0.15) is 0 Å². The highest BCUT2D eigenvalue weighted by Crippen LogP contribution is 2.16. The molecule has 1 aromatic rings. The summed E-state index contributed by atoms with van der Waals surface area (Å²) in [6.07, 6.45) is 3.28. The zero-order valence-electron chi connectivity index (χ0n) is 9.11. The summed E-state index contributed by atoms with van der Waals surface area (Å²) in [6.45, 7) is 1.41. The van der Waals surface area contributed by atoms with E-state index in [1.807, 2.05) is 0 Å². The predicted octanol–water partition coefficient (Wildman–Crippen LogP) is 1.46. The lowest BCUT2D eigenvalue weighted by molar-refractivity contribution is 0.109. The second kappa shape index (κ2) is 6.74. The molecule has 1 aromatic carbocycles. The summed E-state index contributed by atoms with van der Waals surface area (Å²) in [5.74, 6) is 0. The first-order valence-electron chi connectivity index (χ1n) is 5.30. The molecule has 0 atom stereocenters. The van der Waals surface area contributed by atoms with Crippen molar-refractivity contribution in [2.45, 2.75) is 12.8 Å². The molecule has 86 valence electrons. The van der Waals surface area contributed by atoms with E-state index in [1.54, 1.807) is 18.2 Å². The Labute approximate surface area is 94.8 Å². The zero-order chi connectivity index (χ0) is 11.8. The number of nitrogens with two attached hydrogens (primary N) is 1. The quantitative estimate of drug-likeness (QED) is 0.539. The minimum Gasteiger partial charge on any atom is -0.384 e. The Morgan fingerprint density at radius 1 is 1.19 bits per heavy atom. The number of benzene rings is 1. The molecular formula is C12H16N2O2. The number of anilines is 1. The molecule has 0 fully saturated rings. The molecule has 0 amide bonds. The van der Waals surface area contributed by atoms with E-state index in [9.17, 15) is 9.59 Å². The van der Waals surface area contributed by atoms with Crippen LogP contribution in [0.3, 0.4) is 0 Å². The number of unbranched alkanes of at least 4 members (excludes halogenated alkanes) is 1. The van der Waals surface area contributed by atoms with Gasteiger partial charge in [0, 0.05) is 23.4 Å². The Kier molecular flexibility index (Phi) is 5.22. The summed E-state index contributed by atoms with van der Waals surface area (Å²) in [6, 6.07) is 5.17. The van der Waals surface area contributed by atoms with Gasteiger partial charge >= 0.3 is 0 Å². The minimum atomic E-state index is 0.416. The Hall–Kier alpha value is -1.68. The molecule has 0 radical (unpaired) electrons. The standard InChI is InChI=1S/C12H16N2O2/c13-6-1-2-7-14-12-5-3-4-10(8-15)11(12)9-16/h3-5,8-9,14H,1-2,6-7,13H2. The van der Waals surface area contributed by atoms with Crippen molar-refractivity contribution in [2.75, 3.05) is 18.4 Å². The Morgan fingerprint density at radius 2 is 2.00 bits per heavy atom. The lowest BCUT2D eigenvalue weighted by Crippen LogP contribution is -2.08. The highest BCUT2D eigenvalue weighted by molar-refractivity contribution is 5.95. The third-order valence-electron chi connectivity index (χ3n) is 2.33. The largest absolute Gasteiger partial charge is 0.384 e. The number of nitrogens with one attached hydrogen (secondary N) is 1. The number of rotatable bonds is 7. The maximum absolute atomic E-state index is 10.9. The normalized spacial score (nSPS) is 9.81. The molecule has 0 unspecified atom stereocenters. The first-order valence-corrected chi connectivity index (χ1v) is 5.30. The van der Waals surface area contributed by atoms with Crippen molar-refractivity contribution in [3.63, 3.8) is 0 Å². The summed E-state index contributed by atoms with van der Waals surface area (Å²) in [5, 5.41) is 3.13. The number of carbonyl (C=O) groups excluding carboxylic acids is 2. The van der Waals surface area contributed by atoms with Crippen LogP contribution in [0.5, 0.6) is 0 Å². The topological polar surface area (TPSA) is 72.2 Å². The van der Waals surface area contributed by atoms with Crippen LogP contribution in [0.4, 0.5) is 5.69 Å². The fraction of sp³-hybridized carbons (Fsp3) is 0.333. The van der Waals surface area contributed by atoms with Crippen LogP contribution in [-0.2, 0) is 0 Å². The fourth-order valence-electron chi connectivity index (χ4n) is 1.46. The van der Waals surface area contributed by atoms with E-state index < -0.39 is 0 Å². The SMILES string of the molecule is NCCCCNc1cccc(C=O)c1C=O. The van der Waals surface area contributed by atoms with Crippen LogP contribution in [0.25, 0.3) is 0 Å². The van der Waals surface area contributed by atoms with Crippen LogP contribution >= 0.6 is 0 Å². The van der Waals surface area contributed by atoms with Crippen LogP contribution in [0, 0.1) is 0 Å². The molecule has 0 heterocycles. The van der Waals surface area contributed by atoms with E-state index in [2.05, 4.69) is 5.32 Å². The monoisotopic (exact) mass is 220 g/mol. The summed E-state index contributed by atoms with van der Waals surface area (Å²) >= 11 is 0. The fourth-order valence-corrected chi connectivity index (χ4v) is 1.46. The van der Waals surface area contributed by atoms with Crippen LogP contribution < -0.4 is 11.1 Å². The van der Waals surface area contributed by atoms with E-state index in [0.29, 0.717) is 35.9 Å². The average Bonchev–Trinajstić information content (AvgIpc) is 2.34. The van der Waals surface area contributed by atoms with Gasteiger partial charge < -0.3 is 11.1 Å². The van der Waals surface area contributed by atoms with Gasteiger partial charge in [0.25, 0.3) is 0 Å². The van der Waals surface area contributed by atoms with Crippen molar-refractivity contribution in [1.29, 1.82) is 0 Å². The first kappa shape index (κ1) is 12.4. The molecule has 16 heavy (non-hydrogen) atoms. The maximum atomic E-state index is 10.9. The molecule has 1 rings (SSSR count). The number of carbonyl (C=O) groups is 2. The van der Waals surface area contributed by atoms with E-state index in [4.69, 9.17) is 5.73 Å². The highest BCUT2D eigenvalue weighted by Gasteiger charge is 2.05. The molecule has 0 saturated heterocycles. The van der Waals surface area contributed by atoms with Gasteiger partial charge in [-0.25, -0.2) is 0 Å². The van der Waals surface area contributed by atoms with Crippen LogP contribution in [0.2, 0.25) is 0 Å². The van der Waals surface area contributed by atoms with Crippen molar-refractivity contribution >= 4 is 18.3 Å². The van der Waals surface area contributed by atoms with Crippen LogP contribution in [0.15, 0.2) is 18.2 Å². The number of hydrogen-bond acceptors (Lipinski definition) is 4. The van der Waals surface area contributed by atoms with E-state index in [-0.39, 0.29) is 0 Å². The summed E-state index contributed by atoms with van der Waals surface area (Å²) < 4.78 is 0. The second-order valence-electron chi connectivity index (χ2n) is 3.47. The lowest BCUT2D eigenvalue weighted by Gasteiger charge is -2.09. The van der Waals surface area contributed by atoms with Crippen molar-refractivity contribution in [3.05, 3.63) is 29.3 Å². The Bertz CT molecular complexity index is 364.